The standard InChI is InChI=1S/C53H47BN2O/c1-51(2)27-28-52(3,4)40-30-42(55-34-25-23-33(24-26-34)32-15-8-7-9-16-32)36(29-39(40)51)48-47-35-17-10-13-22-45(35)57-46(47)31-44-49(48)54-41-20-14-19-38-50(41)56(44)43-21-12-11-18-37(43)53(38,5)6/h7-26,29-31,54-55H,27-28H2,1-6H3. The molecular formula is C53H47BN2O. The topological polar surface area (TPSA) is 28.4 Å². The summed E-state index contributed by atoms with van der Waals surface area (Å²) in [6, 6.07) is 51.5. The lowest BCUT2D eigenvalue weighted by molar-refractivity contribution is 0.332. The summed E-state index contributed by atoms with van der Waals surface area (Å²) in [4.78, 5) is 2.56. The molecule has 0 amide bonds. The Bertz CT molecular complexity index is 2930. The van der Waals surface area contributed by atoms with Crippen LogP contribution in [0.25, 0.3) is 44.2 Å². The van der Waals surface area contributed by atoms with E-state index in [4.69, 9.17) is 4.42 Å². The van der Waals surface area contributed by atoms with Crippen molar-refractivity contribution >= 4 is 68.6 Å². The smallest absolute Gasteiger partial charge is 0.198 e. The van der Waals surface area contributed by atoms with Crippen LogP contribution in [0.5, 0.6) is 0 Å². The van der Waals surface area contributed by atoms with E-state index >= 15 is 0 Å². The van der Waals surface area contributed by atoms with E-state index in [2.05, 4.69) is 191 Å². The lowest BCUT2D eigenvalue weighted by Crippen LogP contribution is -2.45. The first-order chi connectivity index (χ1) is 27.5. The lowest BCUT2D eigenvalue weighted by atomic mass is 9.55. The summed E-state index contributed by atoms with van der Waals surface area (Å²) in [7, 11) is 0.829. The number of nitrogens with one attached hydrogen (secondary N) is 1. The molecular weight excluding hydrogens is 691 g/mol. The van der Waals surface area contributed by atoms with Gasteiger partial charge in [-0.25, -0.2) is 0 Å². The van der Waals surface area contributed by atoms with Crippen LogP contribution in [0.2, 0.25) is 0 Å². The Morgan fingerprint density at radius 1 is 0.579 bits per heavy atom. The van der Waals surface area contributed by atoms with E-state index in [-0.39, 0.29) is 16.2 Å². The monoisotopic (exact) mass is 738 g/mol. The van der Waals surface area contributed by atoms with Gasteiger partial charge in [0.05, 0.1) is 5.69 Å². The van der Waals surface area contributed by atoms with Crippen molar-refractivity contribution in [3.8, 4) is 22.3 Å². The number of furan rings is 1. The Morgan fingerprint density at radius 2 is 1.25 bits per heavy atom. The van der Waals surface area contributed by atoms with Gasteiger partial charge in [-0.05, 0) is 104 Å². The fourth-order valence-corrected chi connectivity index (χ4v) is 10.5. The van der Waals surface area contributed by atoms with Gasteiger partial charge in [0.25, 0.3) is 0 Å². The summed E-state index contributed by atoms with van der Waals surface area (Å²) in [6.07, 6.45) is 2.30. The molecule has 0 radical (unpaired) electrons. The average Bonchev–Trinajstić information content (AvgIpc) is 3.59. The SMILES string of the molecule is CC1(C)CCC(C)(C)c2cc(-c3c4c(cc5oc6ccccc6c35)N3c5ccccc5C(C)(C)c5cccc(c53)B4)c(Nc3ccc(-c4ccccc4)cc3)cc21. The fourth-order valence-electron chi connectivity index (χ4n) is 10.5. The normalized spacial score (nSPS) is 16.6. The van der Waals surface area contributed by atoms with Gasteiger partial charge in [0.2, 0.25) is 0 Å². The molecule has 1 aliphatic carbocycles. The van der Waals surface area contributed by atoms with Crippen LogP contribution in [-0.2, 0) is 16.2 Å². The van der Waals surface area contributed by atoms with E-state index in [1.807, 2.05) is 0 Å². The van der Waals surface area contributed by atoms with Crippen molar-refractivity contribution < 1.29 is 4.42 Å². The number of nitrogens with zero attached hydrogens (tertiary/aromatic N) is 1. The number of para-hydroxylation sites is 3. The fraction of sp³-hybridized carbons (Fsp3) is 0.208. The van der Waals surface area contributed by atoms with Crippen molar-refractivity contribution in [2.45, 2.75) is 70.6 Å². The molecule has 0 bridgehead atoms. The first-order valence-electron chi connectivity index (χ1n) is 20.6. The van der Waals surface area contributed by atoms with Gasteiger partial charge in [-0.1, -0.05) is 144 Å². The summed E-state index contributed by atoms with van der Waals surface area (Å²) in [5.41, 5.74) is 21.0. The average molecular weight is 739 g/mol. The molecule has 2 aliphatic heterocycles. The number of benzene rings is 7. The molecule has 0 unspecified atom stereocenters. The third kappa shape index (κ3) is 5.05. The molecule has 0 saturated carbocycles. The molecule has 3 aliphatic rings. The van der Waals surface area contributed by atoms with Crippen molar-refractivity contribution in [3.05, 3.63) is 162 Å². The molecule has 11 rings (SSSR count). The van der Waals surface area contributed by atoms with Crippen LogP contribution < -0.4 is 21.1 Å². The molecule has 8 aromatic rings. The van der Waals surface area contributed by atoms with Gasteiger partial charge in [-0.3, -0.25) is 0 Å². The van der Waals surface area contributed by atoms with Crippen LogP contribution in [-0.4, -0.2) is 7.28 Å². The number of hydrogen-bond acceptors (Lipinski definition) is 3. The number of rotatable bonds is 4. The van der Waals surface area contributed by atoms with Crippen LogP contribution in [0.3, 0.4) is 0 Å². The largest absolute Gasteiger partial charge is 0.456 e. The summed E-state index contributed by atoms with van der Waals surface area (Å²) in [5, 5.41) is 6.36. The zero-order valence-corrected chi connectivity index (χ0v) is 33.8. The molecule has 0 saturated heterocycles. The zero-order valence-electron chi connectivity index (χ0n) is 33.8. The van der Waals surface area contributed by atoms with E-state index in [1.165, 1.54) is 77.9 Å². The molecule has 0 spiro atoms. The summed E-state index contributed by atoms with van der Waals surface area (Å²) < 4.78 is 6.89. The molecule has 4 heteroatoms. The predicted molar refractivity (Wildman–Crippen MR) is 243 cm³/mol. The zero-order chi connectivity index (χ0) is 38.8. The van der Waals surface area contributed by atoms with Crippen LogP contribution in [0, 0.1) is 0 Å². The van der Waals surface area contributed by atoms with Crippen molar-refractivity contribution in [3.63, 3.8) is 0 Å². The molecule has 278 valence electrons. The highest BCUT2D eigenvalue weighted by molar-refractivity contribution is 6.74. The van der Waals surface area contributed by atoms with Gasteiger partial charge in [0, 0.05) is 50.6 Å². The van der Waals surface area contributed by atoms with E-state index in [9.17, 15) is 0 Å². The number of hydrogen-bond donors (Lipinski definition) is 1. The van der Waals surface area contributed by atoms with Crippen LogP contribution in [0.1, 0.15) is 76.6 Å². The maximum absolute atomic E-state index is 6.89. The van der Waals surface area contributed by atoms with Crippen LogP contribution >= 0.6 is 0 Å². The van der Waals surface area contributed by atoms with Crippen molar-refractivity contribution in [1.29, 1.82) is 0 Å². The van der Waals surface area contributed by atoms with Gasteiger partial charge < -0.3 is 14.6 Å². The summed E-state index contributed by atoms with van der Waals surface area (Å²) >= 11 is 0. The Labute approximate surface area is 336 Å². The lowest BCUT2D eigenvalue weighted by Gasteiger charge is -2.46. The maximum atomic E-state index is 6.89. The second kappa shape index (κ2) is 12.0. The third-order valence-electron chi connectivity index (χ3n) is 13.7. The van der Waals surface area contributed by atoms with E-state index in [1.54, 1.807) is 0 Å². The van der Waals surface area contributed by atoms with Crippen LogP contribution in [0.15, 0.2) is 144 Å². The Morgan fingerprint density at radius 3 is 2.04 bits per heavy atom. The second-order valence-electron chi connectivity index (χ2n) is 18.5. The van der Waals surface area contributed by atoms with Gasteiger partial charge in [-0.2, -0.15) is 0 Å². The molecule has 57 heavy (non-hydrogen) atoms. The first kappa shape index (κ1) is 34.3. The molecule has 3 heterocycles. The summed E-state index contributed by atoms with van der Waals surface area (Å²) in [6.45, 7) is 14.5. The van der Waals surface area contributed by atoms with Gasteiger partial charge in [0.1, 0.15) is 11.2 Å². The van der Waals surface area contributed by atoms with E-state index in [0.717, 1.165) is 48.0 Å². The third-order valence-corrected chi connectivity index (χ3v) is 13.7. The minimum absolute atomic E-state index is 0.0286. The van der Waals surface area contributed by atoms with Crippen molar-refractivity contribution in [2.75, 3.05) is 10.2 Å². The van der Waals surface area contributed by atoms with Gasteiger partial charge >= 0.3 is 0 Å². The minimum Gasteiger partial charge on any atom is -0.456 e. The molecule has 0 atom stereocenters. The Kier molecular flexibility index (Phi) is 7.22. The number of fused-ring (bicyclic) bond motifs is 8. The van der Waals surface area contributed by atoms with Crippen LogP contribution in [0.4, 0.5) is 28.4 Å². The van der Waals surface area contributed by atoms with E-state index < -0.39 is 0 Å². The quantitative estimate of drug-likeness (QED) is 0.182. The van der Waals surface area contributed by atoms with E-state index in [0.29, 0.717) is 0 Å². The molecule has 1 N–H and O–H groups in total. The first-order valence-corrected chi connectivity index (χ1v) is 20.6. The second-order valence-corrected chi connectivity index (χ2v) is 18.5. The van der Waals surface area contributed by atoms with Gasteiger partial charge in [0.15, 0.2) is 7.28 Å². The van der Waals surface area contributed by atoms with Crippen molar-refractivity contribution in [1.82, 2.24) is 0 Å². The number of anilines is 5. The summed E-state index contributed by atoms with van der Waals surface area (Å²) in [5.74, 6) is 0. The highest BCUT2D eigenvalue weighted by Gasteiger charge is 2.43. The predicted octanol–water partition coefficient (Wildman–Crippen LogP) is 12.8. The minimum atomic E-state index is -0.133. The highest BCUT2D eigenvalue weighted by atomic mass is 16.3. The highest BCUT2D eigenvalue weighted by Crippen LogP contribution is 2.55. The van der Waals surface area contributed by atoms with Crippen molar-refractivity contribution in [2.24, 2.45) is 0 Å². The molecule has 7 aromatic carbocycles. The maximum Gasteiger partial charge on any atom is 0.198 e. The molecule has 1 aromatic heterocycles. The molecule has 0 fully saturated rings. The molecule has 3 nitrogen and oxygen atoms in total. The Hall–Kier alpha value is -6.00. The Balaban J connectivity index is 1.22. The van der Waals surface area contributed by atoms with Gasteiger partial charge in [-0.15, -0.1) is 0 Å².